The highest BCUT2D eigenvalue weighted by atomic mass is 19.1. The van der Waals surface area contributed by atoms with E-state index in [2.05, 4.69) is 10.3 Å². The number of methoxy groups -OCH3 is 1. The molecule has 0 aliphatic heterocycles. The number of benzene rings is 2. The van der Waals surface area contributed by atoms with E-state index < -0.39 is 23.7 Å². The number of hydrogen-bond acceptors (Lipinski definition) is 3. The maximum absolute atomic E-state index is 13.3. The lowest BCUT2D eigenvalue weighted by Crippen LogP contribution is -2.43. The van der Waals surface area contributed by atoms with Gasteiger partial charge in [0.1, 0.15) is 17.6 Å². The summed E-state index contributed by atoms with van der Waals surface area (Å²) in [5.74, 6) is -1.42. The molecular weight excluding hydrogens is 323 g/mol. The van der Waals surface area contributed by atoms with E-state index in [-0.39, 0.29) is 6.42 Å². The quantitative estimate of drug-likeness (QED) is 0.702. The maximum atomic E-state index is 13.3. The fraction of sp³-hybridized carbons (Fsp3) is 0.158. The van der Waals surface area contributed by atoms with Crippen LogP contribution in [0.4, 0.5) is 4.39 Å². The highest BCUT2D eigenvalue weighted by molar-refractivity contribution is 5.99. The van der Waals surface area contributed by atoms with Gasteiger partial charge in [-0.25, -0.2) is 9.18 Å². The van der Waals surface area contributed by atoms with Crippen molar-refractivity contribution in [3.05, 3.63) is 71.7 Å². The van der Waals surface area contributed by atoms with Gasteiger partial charge in [-0.2, -0.15) is 0 Å². The minimum absolute atomic E-state index is 0.135. The summed E-state index contributed by atoms with van der Waals surface area (Å²) in [5, 5.41) is 3.54. The third-order valence-electron chi connectivity index (χ3n) is 3.89. The summed E-state index contributed by atoms with van der Waals surface area (Å²) >= 11 is 0. The van der Waals surface area contributed by atoms with Crippen LogP contribution < -0.4 is 5.32 Å². The molecule has 1 heterocycles. The van der Waals surface area contributed by atoms with E-state index in [1.165, 1.54) is 19.2 Å². The Hall–Kier alpha value is -3.15. The summed E-state index contributed by atoms with van der Waals surface area (Å²) in [4.78, 5) is 27.5. The average molecular weight is 340 g/mol. The summed E-state index contributed by atoms with van der Waals surface area (Å²) in [6.45, 7) is 0. The number of amides is 1. The highest BCUT2D eigenvalue weighted by Gasteiger charge is 2.23. The molecule has 2 aromatic carbocycles. The van der Waals surface area contributed by atoms with Crippen LogP contribution in [0.2, 0.25) is 0 Å². The lowest BCUT2D eigenvalue weighted by molar-refractivity contribution is -0.142. The van der Waals surface area contributed by atoms with E-state index in [9.17, 15) is 14.0 Å². The molecule has 6 heteroatoms. The van der Waals surface area contributed by atoms with Crippen molar-refractivity contribution in [2.24, 2.45) is 0 Å². The van der Waals surface area contributed by atoms with E-state index >= 15 is 0 Å². The zero-order valence-corrected chi connectivity index (χ0v) is 13.6. The van der Waals surface area contributed by atoms with Crippen LogP contribution in [0.25, 0.3) is 10.9 Å². The molecule has 0 spiro atoms. The molecule has 0 fully saturated rings. The van der Waals surface area contributed by atoms with Crippen molar-refractivity contribution in [3.63, 3.8) is 0 Å². The lowest BCUT2D eigenvalue weighted by atomic mass is 10.1. The highest BCUT2D eigenvalue weighted by Crippen LogP contribution is 2.15. The molecule has 2 N–H and O–H groups in total. The molecule has 1 amide bonds. The van der Waals surface area contributed by atoms with Crippen molar-refractivity contribution >= 4 is 22.8 Å². The van der Waals surface area contributed by atoms with Gasteiger partial charge in [-0.3, -0.25) is 4.79 Å². The second-order valence-corrected chi connectivity index (χ2v) is 5.65. The van der Waals surface area contributed by atoms with Crippen LogP contribution in [0.5, 0.6) is 0 Å². The third kappa shape index (κ3) is 3.85. The van der Waals surface area contributed by atoms with Gasteiger partial charge in [-0.05, 0) is 29.8 Å². The number of fused-ring (bicyclic) bond motifs is 1. The number of hydrogen-bond donors (Lipinski definition) is 2. The fourth-order valence-corrected chi connectivity index (χ4v) is 2.67. The predicted molar refractivity (Wildman–Crippen MR) is 91.7 cm³/mol. The molecule has 0 saturated carbocycles. The maximum Gasteiger partial charge on any atom is 0.328 e. The number of para-hydroxylation sites is 1. The summed E-state index contributed by atoms with van der Waals surface area (Å²) in [6.07, 6.45) is 0.135. The molecule has 5 nitrogen and oxygen atoms in total. The number of halogens is 1. The molecule has 3 aromatic rings. The van der Waals surface area contributed by atoms with Gasteiger partial charge in [0.05, 0.1) is 7.11 Å². The smallest absolute Gasteiger partial charge is 0.328 e. The van der Waals surface area contributed by atoms with E-state index in [0.717, 1.165) is 10.9 Å². The zero-order chi connectivity index (χ0) is 17.8. The Balaban J connectivity index is 1.79. The molecule has 1 unspecified atom stereocenters. The van der Waals surface area contributed by atoms with Gasteiger partial charge in [0.15, 0.2) is 0 Å². The average Bonchev–Trinajstić information content (AvgIpc) is 3.05. The first-order valence-corrected chi connectivity index (χ1v) is 7.77. The van der Waals surface area contributed by atoms with Crippen LogP contribution in [0.3, 0.4) is 0 Å². The van der Waals surface area contributed by atoms with Crippen LogP contribution in [-0.2, 0) is 16.0 Å². The zero-order valence-electron chi connectivity index (χ0n) is 13.6. The number of rotatable bonds is 5. The number of nitrogens with one attached hydrogen (secondary N) is 2. The molecule has 0 aliphatic rings. The normalized spacial score (nSPS) is 11.9. The van der Waals surface area contributed by atoms with Crippen molar-refractivity contribution in [1.82, 2.24) is 10.3 Å². The van der Waals surface area contributed by atoms with Gasteiger partial charge in [0, 0.05) is 17.3 Å². The second kappa shape index (κ2) is 7.17. The van der Waals surface area contributed by atoms with Gasteiger partial charge in [0.25, 0.3) is 5.91 Å². The minimum Gasteiger partial charge on any atom is -0.467 e. The fourth-order valence-electron chi connectivity index (χ4n) is 2.67. The first-order valence-electron chi connectivity index (χ1n) is 7.77. The molecule has 3 rings (SSSR count). The van der Waals surface area contributed by atoms with Crippen LogP contribution in [-0.4, -0.2) is 30.0 Å². The Bertz CT molecular complexity index is 887. The first kappa shape index (κ1) is 16.7. The van der Waals surface area contributed by atoms with Crippen LogP contribution >= 0.6 is 0 Å². The summed E-state index contributed by atoms with van der Waals surface area (Å²) in [6, 6.07) is 14.2. The van der Waals surface area contributed by atoms with Crippen molar-refractivity contribution in [2.45, 2.75) is 12.5 Å². The van der Waals surface area contributed by atoms with Crippen molar-refractivity contribution in [3.8, 4) is 0 Å². The van der Waals surface area contributed by atoms with Gasteiger partial charge < -0.3 is 15.0 Å². The van der Waals surface area contributed by atoms with Crippen LogP contribution in [0, 0.1) is 5.82 Å². The van der Waals surface area contributed by atoms with E-state index in [1.807, 2.05) is 24.3 Å². The Labute approximate surface area is 143 Å². The molecule has 0 radical (unpaired) electrons. The van der Waals surface area contributed by atoms with Gasteiger partial charge >= 0.3 is 5.97 Å². The molecular formula is C19H17FN2O3. The first-order chi connectivity index (χ1) is 12.1. The molecule has 0 aliphatic carbocycles. The topological polar surface area (TPSA) is 71.2 Å². The standard InChI is InChI=1S/C19H17FN2O3/c1-25-19(24)17(10-12-5-4-7-14(20)9-12)22-18(23)16-11-13-6-2-3-8-15(13)21-16/h2-9,11,17,21H,10H2,1H3,(H,22,23). The predicted octanol–water partition coefficient (Wildman–Crippen LogP) is 2.82. The lowest BCUT2D eigenvalue weighted by Gasteiger charge is -2.16. The number of carbonyl (C=O) groups excluding carboxylic acids is 2. The number of H-pyrrole nitrogens is 1. The summed E-state index contributed by atoms with van der Waals surface area (Å²) in [5.41, 5.74) is 1.76. The van der Waals surface area contributed by atoms with Crippen LogP contribution in [0.15, 0.2) is 54.6 Å². The minimum atomic E-state index is -0.911. The number of aromatic nitrogens is 1. The Morgan fingerprint density at radius 3 is 2.68 bits per heavy atom. The largest absolute Gasteiger partial charge is 0.467 e. The van der Waals surface area contributed by atoms with Crippen molar-refractivity contribution < 1.29 is 18.7 Å². The number of ether oxygens (including phenoxy) is 1. The van der Waals surface area contributed by atoms with Crippen molar-refractivity contribution in [2.75, 3.05) is 7.11 Å². The van der Waals surface area contributed by atoms with Gasteiger partial charge in [-0.15, -0.1) is 0 Å². The molecule has 0 bridgehead atoms. The third-order valence-corrected chi connectivity index (χ3v) is 3.89. The summed E-state index contributed by atoms with van der Waals surface area (Å²) < 4.78 is 18.1. The molecule has 0 saturated heterocycles. The number of aromatic amines is 1. The Kier molecular flexibility index (Phi) is 4.79. The van der Waals surface area contributed by atoms with Gasteiger partial charge in [0.2, 0.25) is 0 Å². The van der Waals surface area contributed by atoms with Crippen LogP contribution in [0.1, 0.15) is 16.1 Å². The molecule has 128 valence electrons. The molecule has 1 aromatic heterocycles. The van der Waals surface area contributed by atoms with E-state index in [1.54, 1.807) is 18.2 Å². The molecule has 1 atom stereocenters. The van der Waals surface area contributed by atoms with Gasteiger partial charge in [-0.1, -0.05) is 30.3 Å². The Morgan fingerprint density at radius 1 is 1.16 bits per heavy atom. The van der Waals surface area contributed by atoms with E-state index in [0.29, 0.717) is 11.3 Å². The van der Waals surface area contributed by atoms with Crippen molar-refractivity contribution in [1.29, 1.82) is 0 Å². The Morgan fingerprint density at radius 2 is 1.96 bits per heavy atom. The monoisotopic (exact) mass is 340 g/mol. The number of esters is 1. The summed E-state index contributed by atoms with van der Waals surface area (Å²) in [7, 11) is 1.25. The number of carbonyl (C=O) groups is 2. The second-order valence-electron chi connectivity index (χ2n) is 5.65. The SMILES string of the molecule is COC(=O)C(Cc1cccc(F)c1)NC(=O)c1cc2ccccc2[nH]1. The molecule has 25 heavy (non-hydrogen) atoms. The van der Waals surface area contributed by atoms with E-state index in [4.69, 9.17) is 4.74 Å².